The van der Waals surface area contributed by atoms with E-state index in [-0.39, 0.29) is 30.9 Å². The van der Waals surface area contributed by atoms with Crippen LogP contribution in [0.4, 0.5) is 0 Å². The fourth-order valence-corrected chi connectivity index (χ4v) is 1.57. The van der Waals surface area contributed by atoms with Gasteiger partial charge in [0.25, 0.3) is 0 Å². The van der Waals surface area contributed by atoms with Crippen LogP contribution in [0.3, 0.4) is 0 Å². The van der Waals surface area contributed by atoms with Crippen LogP contribution in [-0.2, 0) is 4.74 Å². The van der Waals surface area contributed by atoms with E-state index in [2.05, 4.69) is 0 Å². The summed E-state index contributed by atoms with van der Waals surface area (Å²) >= 11 is 0. The maximum atomic E-state index is 11.7. The maximum Gasteiger partial charge on any atom is 0.339 e. The van der Waals surface area contributed by atoms with Crippen molar-refractivity contribution in [1.29, 1.82) is 0 Å². The average molecular weight is 344 g/mol. The highest BCUT2D eigenvalue weighted by molar-refractivity contribution is 6.02. The van der Waals surface area contributed by atoms with Gasteiger partial charge in [-0.05, 0) is 18.6 Å². The molecule has 1 unspecified atom stereocenters. The molecule has 24 heavy (non-hydrogen) atoms. The molecule has 1 aromatic rings. The fraction of sp³-hybridized carbons (Fsp3) is 0.500. The number of carbonyl (C=O) groups excluding carboxylic acids is 1. The second-order valence-corrected chi connectivity index (χ2v) is 4.91. The van der Waals surface area contributed by atoms with Crippen LogP contribution in [0.25, 0.3) is 0 Å². The van der Waals surface area contributed by atoms with Crippen molar-refractivity contribution in [2.24, 2.45) is 0 Å². The van der Waals surface area contributed by atoms with E-state index >= 15 is 0 Å². The maximum absolute atomic E-state index is 11.7. The highest BCUT2D eigenvalue weighted by atomic mass is 16.5. The third kappa shape index (κ3) is 8.59. The average Bonchev–Trinajstić information content (AvgIpc) is 2.59. The summed E-state index contributed by atoms with van der Waals surface area (Å²) in [5, 5.41) is 42.4. The van der Waals surface area contributed by atoms with Crippen LogP contribution >= 0.6 is 0 Å². The van der Waals surface area contributed by atoms with E-state index in [0.29, 0.717) is 6.42 Å². The molecule has 8 nitrogen and oxygen atoms in total. The number of ether oxygens (including phenoxy) is 1. The zero-order valence-electron chi connectivity index (χ0n) is 13.5. The summed E-state index contributed by atoms with van der Waals surface area (Å²) in [5.74, 6) is -1.92. The summed E-state index contributed by atoms with van der Waals surface area (Å²) in [5.41, 5.74) is -0.110. The minimum Gasteiger partial charge on any atom is -0.478 e. The van der Waals surface area contributed by atoms with Gasteiger partial charge in [-0.3, -0.25) is 0 Å². The van der Waals surface area contributed by atoms with Crippen LogP contribution in [0.2, 0.25) is 0 Å². The smallest absolute Gasteiger partial charge is 0.339 e. The molecule has 0 saturated heterocycles. The molecule has 0 spiro atoms. The van der Waals surface area contributed by atoms with Gasteiger partial charge < -0.3 is 30.3 Å². The lowest BCUT2D eigenvalue weighted by Crippen LogP contribution is -2.19. The number of hydrogen-bond donors (Lipinski definition) is 5. The first-order valence-electron chi connectivity index (χ1n) is 7.44. The minimum atomic E-state index is -1.18. The van der Waals surface area contributed by atoms with E-state index in [0.717, 1.165) is 6.42 Å². The summed E-state index contributed by atoms with van der Waals surface area (Å²) < 4.78 is 4.88. The Kier molecular flexibility index (Phi) is 11.4. The molecule has 0 saturated carbocycles. The number of hydrogen-bond acceptors (Lipinski definition) is 7. The Morgan fingerprint density at radius 1 is 1.04 bits per heavy atom. The van der Waals surface area contributed by atoms with E-state index in [4.69, 9.17) is 25.2 Å². The Bertz CT molecular complexity index is 499. The van der Waals surface area contributed by atoms with Crippen molar-refractivity contribution >= 4 is 11.9 Å². The standard InChI is InChI=1S/C13H16O5.C3H8O3/c1-2-5-9(14)8-18-13(17)11-7-4-3-6-10(11)12(15)16;4-1-3(6)2-5/h3-4,6-7,9,14H,2,5,8H2,1H3,(H,15,16);3-6H,1-2H2. The quantitative estimate of drug-likeness (QED) is 0.416. The lowest BCUT2D eigenvalue weighted by atomic mass is 10.1. The summed E-state index contributed by atoms with van der Waals surface area (Å²) in [7, 11) is 0. The Balaban J connectivity index is 0.000000754. The Labute approximate surface area is 139 Å². The molecule has 0 aliphatic heterocycles. The number of aliphatic hydroxyl groups excluding tert-OH is 4. The number of carboxylic acid groups (broad SMARTS) is 1. The summed E-state index contributed by atoms with van der Waals surface area (Å²) in [6.07, 6.45) is -0.348. The van der Waals surface area contributed by atoms with Gasteiger partial charge in [-0.15, -0.1) is 0 Å². The predicted octanol–water partition coefficient (Wildman–Crippen LogP) is 0.0345. The van der Waals surface area contributed by atoms with E-state index in [9.17, 15) is 14.7 Å². The van der Waals surface area contributed by atoms with Crippen molar-refractivity contribution in [3.8, 4) is 0 Å². The Morgan fingerprint density at radius 2 is 1.58 bits per heavy atom. The molecule has 8 heteroatoms. The van der Waals surface area contributed by atoms with E-state index < -0.39 is 24.1 Å². The van der Waals surface area contributed by atoms with Gasteiger partial charge in [0.2, 0.25) is 0 Å². The molecular weight excluding hydrogens is 320 g/mol. The van der Waals surface area contributed by atoms with Gasteiger partial charge in [0, 0.05) is 0 Å². The molecule has 1 rings (SSSR count). The molecule has 0 bridgehead atoms. The SMILES string of the molecule is CCCC(O)COC(=O)c1ccccc1C(=O)O.OCC(O)CO. The lowest BCUT2D eigenvalue weighted by Gasteiger charge is -2.11. The van der Waals surface area contributed by atoms with E-state index in [1.165, 1.54) is 18.2 Å². The highest BCUT2D eigenvalue weighted by Crippen LogP contribution is 2.11. The molecule has 0 fully saturated rings. The number of carbonyl (C=O) groups is 2. The molecule has 5 N–H and O–H groups in total. The first-order chi connectivity index (χ1) is 11.4. The first kappa shape index (κ1) is 22.0. The molecule has 0 amide bonds. The number of aromatic carboxylic acids is 1. The second-order valence-electron chi connectivity index (χ2n) is 4.91. The monoisotopic (exact) mass is 344 g/mol. The van der Waals surface area contributed by atoms with Crippen LogP contribution < -0.4 is 0 Å². The van der Waals surface area contributed by atoms with Crippen molar-refractivity contribution in [1.82, 2.24) is 0 Å². The molecule has 1 atom stereocenters. The highest BCUT2D eigenvalue weighted by Gasteiger charge is 2.17. The molecule has 0 radical (unpaired) electrons. The largest absolute Gasteiger partial charge is 0.478 e. The van der Waals surface area contributed by atoms with Crippen molar-refractivity contribution in [3.63, 3.8) is 0 Å². The summed E-state index contributed by atoms with van der Waals surface area (Å²) in [6, 6.07) is 5.82. The van der Waals surface area contributed by atoms with Crippen molar-refractivity contribution in [3.05, 3.63) is 35.4 Å². The topological polar surface area (TPSA) is 145 Å². The number of carboxylic acids is 1. The third-order valence-electron chi connectivity index (χ3n) is 2.83. The minimum absolute atomic E-state index is 0.00583. The van der Waals surface area contributed by atoms with Crippen LogP contribution in [-0.4, -0.2) is 69.5 Å². The van der Waals surface area contributed by atoms with Gasteiger partial charge in [0.1, 0.15) is 12.7 Å². The van der Waals surface area contributed by atoms with Crippen LogP contribution in [0, 0.1) is 0 Å². The zero-order valence-corrected chi connectivity index (χ0v) is 13.5. The molecule has 136 valence electrons. The number of rotatable bonds is 8. The van der Waals surface area contributed by atoms with Crippen molar-refractivity contribution in [2.75, 3.05) is 19.8 Å². The van der Waals surface area contributed by atoms with Crippen molar-refractivity contribution in [2.45, 2.75) is 32.0 Å². The van der Waals surface area contributed by atoms with E-state index in [1.807, 2.05) is 6.92 Å². The number of aliphatic hydroxyl groups is 4. The van der Waals surface area contributed by atoms with Crippen LogP contribution in [0.5, 0.6) is 0 Å². The van der Waals surface area contributed by atoms with Gasteiger partial charge in [-0.25, -0.2) is 9.59 Å². The van der Waals surface area contributed by atoms with Gasteiger partial charge in [-0.2, -0.15) is 0 Å². The summed E-state index contributed by atoms with van der Waals surface area (Å²) in [6.45, 7) is 1.05. The van der Waals surface area contributed by atoms with Gasteiger partial charge in [0.15, 0.2) is 0 Å². The molecule has 0 aliphatic rings. The van der Waals surface area contributed by atoms with Gasteiger partial charge in [0.05, 0.1) is 30.4 Å². The Hall–Kier alpha value is -2.00. The third-order valence-corrected chi connectivity index (χ3v) is 2.83. The summed E-state index contributed by atoms with van der Waals surface area (Å²) in [4.78, 5) is 22.6. The zero-order chi connectivity index (χ0) is 18.5. The molecular formula is C16H24O8. The predicted molar refractivity (Wildman–Crippen MR) is 84.8 cm³/mol. The molecule has 0 aliphatic carbocycles. The number of esters is 1. The van der Waals surface area contributed by atoms with Crippen molar-refractivity contribution < 1.29 is 39.9 Å². The molecule has 0 aromatic heterocycles. The van der Waals surface area contributed by atoms with Gasteiger partial charge >= 0.3 is 11.9 Å². The first-order valence-corrected chi connectivity index (χ1v) is 7.44. The number of benzene rings is 1. The van der Waals surface area contributed by atoms with Gasteiger partial charge in [-0.1, -0.05) is 25.5 Å². The lowest BCUT2D eigenvalue weighted by molar-refractivity contribution is 0.0234. The Morgan fingerprint density at radius 3 is 2.00 bits per heavy atom. The molecule has 1 aromatic carbocycles. The van der Waals surface area contributed by atoms with E-state index in [1.54, 1.807) is 6.07 Å². The fourth-order valence-electron chi connectivity index (χ4n) is 1.57. The second kappa shape index (κ2) is 12.4. The molecule has 0 heterocycles. The normalized spacial score (nSPS) is 11.4. The van der Waals surface area contributed by atoms with Crippen LogP contribution in [0.15, 0.2) is 24.3 Å². The van der Waals surface area contributed by atoms with Crippen LogP contribution in [0.1, 0.15) is 40.5 Å².